The minimum absolute atomic E-state index is 0.0248. The van der Waals surface area contributed by atoms with Gasteiger partial charge in [-0.3, -0.25) is 9.59 Å². The zero-order valence-corrected chi connectivity index (χ0v) is 16.4. The van der Waals surface area contributed by atoms with Crippen molar-refractivity contribution < 1.29 is 9.59 Å². The van der Waals surface area contributed by atoms with E-state index < -0.39 is 0 Å². The van der Waals surface area contributed by atoms with Crippen LogP contribution in [0.5, 0.6) is 0 Å². The lowest BCUT2D eigenvalue weighted by atomic mass is 9.73. The molecule has 2 aliphatic heterocycles. The Kier molecular flexibility index (Phi) is 5.30. The van der Waals surface area contributed by atoms with Crippen molar-refractivity contribution in [2.45, 2.75) is 59.3 Å². The predicted molar refractivity (Wildman–Crippen MR) is 99.9 cm³/mol. The molecule has 0 bridgehead atoms. The van der Waals surface area contributed by atoms with Crippen LogP contribution in [0.3, 0.4) is 0 Å². The lowest BCUT2D eigenvalue weighted by Gasteiger charge is -2.48. The maximum Gasteiger partial charge on any atom is 0.257 e. The van der Waals surface area contributed by atoms with E-state index in [4.69, 9.17) is 0 Å². The Labute approximate surface area is 156 Å². The summed E-state index contributed by atoms with van der Waals surface area (Å²) in [4.78, 5) is 38.0. The number of likely N-dealkylation sites (tertiary alicyclic amines) is 2. The minimum Gasteiger partial charge on any atom is -0.342 e. The number of carbonyl (C=O) groups excluding carboxylic acids is 2. The Morgan fingerprint density at radius 2 is 2.08 bits per heavy atom. The summed E-state index contributed by atoms with van der Waals surface area (Å²) in [5.41, 5.74) is 1.40. The Morgan fingerprint density at radius 1 is 1.31 bits per heavy atom. The number of hydrogen-bond acceptors (Lipinski definition) is 4. The molecule has 3 heterocycles. The summed E-state index contributed by atoms with van der Waals surface area (Å²) in [5.74, 6) is 1.29. The molecule has 0 radical (unpaired) electrons. The quantitative estimate of drug-likeness (QED) is 0.833. The molecule has 0 aliphatic carbocycles. The number of aromatic nitrogens is 2. The average molecular weight is 358 g/mol. The Hall–Kier alpha value is -1.98. The van der Waals surface area contributed by atoms with Gasteiger partial charge in [0.1, 0.15) is 5.82 Å². The van der Waals surface area contributed by atoms with Crippen LogP contribution < -0.4 is 0 Å². The highest BCUT2D eigenvalue weighted by atomic mass is 16.2. The lowest BCUT2D eigenvalue weighted by Crippen LogP contribution is -2.55. The fourth-order valence-electron chi connectivity index (χ4n) is 4.25. The molecule has 26 heavy (non-hydrogen) atoms. The van der Waals surface area contributed by atoms with Gasteiger partial charge in [-0.1, -0.05) is 13.8 Å². The summed E-state index contributed by atoms with van der Waals surface area (Å²) < 4.78 is 0. The second-order valence-electron chi connectivity index (χ2n) is 8.12. The van der Waals surface area contributed by atoms with Crippen molar-refractivity contribution in [3.8, 4) is 0 Å². The zero-order valence-electron chi connectivity index (χ0n) is 16.4. The van der Waals surface area contributed by atoms with Gasteiger partial charge >= 0.3 is 0 Å². The number of aryl methyl sites for hydroxylation is 1. The topological polar surface area (TPSA) is 66.4 Å². The van der Waals surface area contributed by atoms with Crippen molar-refractivity contribution in [2.75, 3.05) is 26.2 Å². The molecule has 1 aromatic rings. The van der Waals surface area contributed by atoms with E-state index in [9.17, 15) is 9.59 Å². The first-order valence-corrected chi connectivity index (χ1v) is 9.76. The largest absolute Gasteiger partial charge is 0.342 e. The molecule has 0 N–H and O–H groups in total. The first-order chi connectivity index (χ1) is 12.3. The van der Waals surface area contributed by atoms with Crippen LogP contribution >= 0.6 is 0 Å². The molecule has 2 aliphatic rings. The molecule has 0 saturated carbocycles. The van der Waals surface area contributed by atoms with Gasteiger partial charge < -0.3 is 9.80 Å². The molecule has 1 atom stereocenters. The summed E-state index contributed by atoms with van der Waals surface area (Å²) in [7, 11) is 0. The van der Waals surface area contributed by atoms with Crippen molar-refractivity contribution >= 4 is 11.8 Å². The van der Waals surface area contributed by atoms with Gasteiger partial charge in [-0.15, -0.1) is 0 Å². The molecule has 3 rings (SSSR count). The third kappa shape index (κ3) is 3.60. The van der Waals surface area contributed by atoms with E-state index in [1.165, 1.54) is 0 Å². The highest BCUT2D eigenvalue weighted by Crippen LogP contribution is 2.39. The fraction of sp³-hybridized carbons (Fsp3) is 0.700. The second kappa shape index (κ2) is 7.33. The average Bonchev–Trinajstić information content (AvgIpc) is 2.63. The SMILES string of the molecule is CCN1C[C@]2(CCCN(C(=O)c3cnc(C(C)C)nc3C)C2)CCC1=O. The smallest absolute Gasteiger partial charge is 0.257 e. The van der Waals surface area contributed by atoms with E-state index in [2.05, 4.69) is 23.8 Å². The Bertz CT molecular complexity index is 703. The fourth-order valence-corrected chi connectivity index (χ4v) is 4.25. The van der Waals surface area contributed by atoms with Gasteiger partial charge in [0.2, 0.25) is 5.91 Å². The van der Waals surface area contributed by atoms with Gasteiger partial charge in [0.05, 0.1) is 11.3 Å². The van der Waals surface area contributed by atoms with Gasteiger partial charge in [0.25, 0.3) is 5.91 Å². The van der Waals surface area contributed by atoms with E-state index in [0.717, 1.165) is 57.0 Å². The summed E-state index contributed by atoms with van der Waals surface area (Å²) in [6, 6.07) is 0. The highest BCUT2D eigenvalue weighted by molar-refractivity contribution is 5.95. The molecule has 2 saturated heterocycles. The minimum atomic E-state index is 0.0248. The number of carbonyl (C=O) groups is 2. The van der Waals surface area contributed by atoms with Crippen LogP contribution in [0.15, 0.2) is 6.20 Å². The van der Waals surface area contributed by atoms with E-state index >= 15 is 0 Å². The number of nitrogens with zero attached hydrogens (tertiary/aromatic N) is 4. The maximum absolute atomic E-state index is 13.1. The molecule has 142 valence electrons. The van der Waals surface area contributed by atoms with Gasteiger partial charge in [-0.2, -0.15) is 0 Å². The van der Waals surface area contributed by atoms with Gasteiger partial charge in [0.15, 0.2) is 0 Å². The monoisotopic (exact) mass is 358 g/mol. The molecule has 2 amide bonds. The van der Waals surface area contributed by atoms with Gasteiger partial charge in [-0.05, 0) is 33.1 Å². The van der Waals surface area contributed by atoms with E-state index in [-0.39, 0.29) is 23.1 Å². The van der Waals surface area contributed by atoms with Crippen molar-refractivity contribution in [3.63, 3.8) is 0 Å². The predicted octanol–water partition coefficient (Wildman–Crippen LogP) is 2.77. The standard InChI is InChI=1S/C20H30N4O2/c1-5-23-12-20(9-7-17(23)25)8-6-10-24(13-20)19(26)16-11-21-18(14(2)3)22-15(16)4/h11,14H,5-10,12-13H2,1-4H3/t20-/m0/s1. The first-order valence-electron chi connectivity index (χ1n) is 9.76. The van der Waals surface area contributed by atoms with Crippen LogP contribution in [0, 0.1) is 12.3 Å². The van der Waals surface area contributed by atoms with Crippen LogP contribution in [0.4, 0.5) is 0 Å². The number of hydrogen-bond donors (Lipinski definition) is 0. The number of amides is 2. The summed E-state index contributed by atoms with van der Waals surface area (Å²) in [6.07, 6.45) is 5.24. The normalized spacial score (nSPS) is 23.8. The Morgan fingerprint density at radius 3 is 2.73 bits per heavy atom. The van der Waals surface area contributed by atoms with Crippen molar-refractivity contribution in [1.29, 1.82) is 0 Å². The van der Waals surface area contributed by atoms with Crippen LogP contribution in [-0.4, -0.2) is 57.8 Å². The zero-order chi connectivity index (χ0) is 18.9. The molecule has 1 aromatic heterocycles. The third-order valence-corrected chi connectivity index (χ3v) is 5.82. The van der Waals surface area contributed by atoms with E-state index in [0.29, 0.717) is 12.0 Å². The molecule has 1 spiro atoms. The third-order valence-electron chi connectivity index (χ3n) is 5.82. The molecule has 0 unspecified atom stereocenters. The van der Waals surface area contributed by atoms with Crippen LogP contribution in [0.2, 0.25) is 0 Å². The molecular weight excluding hydrogens is 328 g/mol. The van der Waals surface area contributed by atoms with Crippen LogP contribution in [0.25, 0.3) is 0 Å². The molecule has 6 heteroatoms. The first kappa shape index (κ1) is 18.8. The van der Waals surface area contributed by atoms with Crippen molar-refractivity contribution in [1.82, 2.24) is 19.8 Å². The Balaban J connectivity index is 1.77. The van der Waals surface area contributed by atoms with Crippen LogP contribution in [-0.2, 0) is 4.79 Å². The molecule has 0 aromatic carbocycles. The van der Waals surface area contributed by atoms with E-state index in [1.54, 1.807) is 6.20 Å². The molecule has 6 nitrogen and oxygen atoms in total. The molecular formula is C20H30N4O2. The van der Waals surface area contributed by atoms with Crippen molar-refractivity contribution in [3.05, 3.63) is 23.3 Å². The van der Waals surface area contributed by atoms with E-state index in [1.807, 2.05) is 23.6 Å². The number of piperidine rings is 2. The summed E-state index contributed by atoms with van der Waals surface area (Å²) in [6.45, 7) is 11.0. The lowest BCUT2D eigenvalue weighted by molar-refractivity contribution is -0.138. The van der Waals surface area contributed by atoms with Crippen molar-refractivity contribution in [2.24, 2.45) is 5.41 Å². The molecule has 2 fully saturated rings. The van der Waals surface area contributed by atoms with Crippen LogP contribution in [0.1, 0.15) is 74.2 Å². The van der Waals surface area contributed by atoms with Gasteiger partial charge in [0, 0.05) is 50.1 Å². The summed E-state index contributed by atoms with van der Waals surface area (Å²) >= 11 is 0. The van der Waals surface area contributed by atoms with Gasteiger partial charge in [-0.25, -0.2) is 9.97 Å². The second-order valence-corrected chi connectivity index (χ2v) is 8.12. The number of rotatable bonds is 3. The highest BCUT2D eigenvalue weighted by Gasteiger charge is 2.42. The summed E-state index contributed by atoms with van der Waals surface area (Å²) in [5, 5.41) is 0. The maximum atomic E-state index is 13.1.